The van der Waals surface area contributed by atoms with Crippen molar-refractivity contribution in [1.82, 2.24) is 14.7 Å². The van der Waals surface area contributed by atoms with Gasteiger partial charge in [-0.3, -0.25) is 14.4 Å². The standard InChI is InChI=1S/C19H25N3O3/c1-2-8-22-14-16(13-17(22)23)19(25)21-11-9-20(10-12-21)18(24)15-6-4-3-5-7-15/h3-7,16H,2,8-14H2,1H3. The summed E-state index contributed by atoms with van der Waals surface area (Å²) >= 11 is 0. The second kappa shape index (κ2) is 7.68. The van der Waals surface area contributed by atoms with E-state index in [2.05, 4.69) is 0 Å². The molecule has 1 aromatic carbocycles. The Morgan fingerprint density at radius 3 is 2.32 bits per heavy atom. The van der Waals surface area contributed by atoms with Crippen molar-refractivity contribution in [3.63, 3.8) is 0 Å². The molecule has 1 unspecified atom stereocenters. The lowest BCUT2D eigenvalue weighted by Gasteiger charge is -2.36. The maximum atomic E-state index is 12.7. The second-order valence-electron chi connectivity index (χ2n) is 6.72. The van der Waals surface area contributed by atoms with Gasteiger partial charge in [0, 0.05) is 51.3 Å². The molecular formula is C19H25N3O3. The summed E-state index contributed by atoms with van der Waals surface area (Å²) in [6, 6.07) is 9.22. The van der Waals surface area contributed by atoms with Crippen LogP contribution in [0.15, 0.2) is 30.3 Å². The molecule has 1 atom stereocenters. The molecule has 0 saturated carbocycles. The van der Waals surface area contributed by atoms with Gasteiger partial charge in [0.15, 0.2) is 0 Å². The number of hydrogen-bond donors (Lipinski definition) is 0. The Labute approximate surface area is 148 Å². The summed E-state index contributed by atoms with van der Waals surface area (Å²) in [7, 11) is 0. The van der Waals surface area contributed by atoms with Crippen LogP contribution >= 0.6 is 0 Å². The molecule has 0 N–H and O–H groups in total. The van der Waals surface area contributed by atoms with Crippen LogP contribution in [0.1, 0.15) is 30.1 Å². The molecule has 3 rings (SSSR count). The number of likely N-dealkylation sites (tertiary alicyclic amines) is 1. The summed E-state index contributed by atoms with van der Waals surface area (Å²) in [5, 5.41) is 0. The predicted octanol–water partition coefficient (Wildman–Crippen LogP) is 1.23. The number of rotatable bonds is 4. The zero-order valence-corrected chi connectivity index (χ0v) is 14.7. The minimum absolute atomic E-state index is 0.0119. The van der Waals surface area contributed by atoms with E-state index in [4.69, 9.17) is 0 Å². The van der Waals surface area contributed by atoms with Gasteiger partial charge in [-0.2, -0.15) is 0 Å². The third-order valence-corrected chi connectivity index (χ3v) is 4.96. The van der Waals surface area contributed by atoms with Crippen LogP contribution in [-0.2, 0) is 9.59 Å². The number of nitrogens with zero attached hydrogens (tertiary/aromatic N) is 3. The van der Waals surface area contributed by atoms with Gasteiger partial charge in [-0.25, -0.2) is 0 Å². The summed E-state index contributed by atoms with van der Waals surface area (Å²) in [6.07, 6.45) is 1.23. The van der Waals surface area contributed by atoms with E-state index in [0.717, 1.165) is 13.0 Å². The van der Waals surface area contributed by atoms with Gasteiger partial charge in [0.25, 0.3) is 5.91 Å². The van der Waals surface area contributed by atoms with Gasteiger partial charge in [0.2, 0.25) is 11.8 Å². The Morgan fingerprint density at radius 1 is 1.04 bits per heavy atom. The van der Waals surface area contributed by atoms with Crippen LogP contribution in [0.5, 0.6) is 0 Å². The number of benzene rings is 1. The molecule has 1 aromatic rings. The summed E-state index contributed by atoms with van der Waals surface area (Å²) in [6.45, 7) is 5.45. The molecule has 0 radical (unpaired) electrons. The first-order valence-corrected chi connectivity index (χ1v) is 9.01. The van der Waals surface area contributed by atoms with Crippen LogP contribution in [-0.4, -0.2) is 71.7 Å². The third kappa shape index (κ3) is 3.83. The fraction of sp³-hybridized carbons (Fsp3) is 0.526. The van der Waals surface area contributed by atoms with Crippen molar-refractivity contribution in [2.75, 3.05) is 39.3 Å². The minimum atomic E-state index is -0.226. The van der Waals surface area contributed by atoms with Crippen LogP contribution in [0.3, 0.4) is 0 Å². The fourth-order valence-corrected chi connectivity index (χ4v) is 3.58. The molecule has 0 aromatic heterocycles. The maximum Gasteiger partial charge on any atom is 0.253 e. The summed E-state index contributed by atoms with van der Waals surface area (Å²) in [4.78, 5) is 42.5. The Kier molecular flexibility index (Phi) is 5.36. The van der Waals surface area contributed by atoms with E-state index in [9.17, 15) is 14.4 Å². The van der Waals surface area contributed by atoms with Gasteiger partial charge in [-0.15, -0.1) is 0 Å². The SMILES string of the molecule is CCCN1CC(C(=O)N2CCN(C(=O)c3ccccc3)CC2)CC1=O. The van der Waals surface area contributed by atoms with Crippen LogP contribution in [0, 0.1) is 5.92 Å². The zero-order valence-electron chi connectivity index (χ0n) is 14.7. The van der Waals surface area contributed by atoms with Gasteiger partial charge in [0.05, 0.1) is 5.92 Å². The van der Waals surface area contributed by atoms with Crippen LogP contribution in [0.4, 0.5) is 0 Å². The largest absolute Gasteiger partial charge is 0.342 e. The molecule has 3 amide bonds. The highest BCUT2D eigenvalue weighted by atomic mass is 16.2. The first-order valence-electron chi connectivity index (χ1n) is 9.01. The van der Waals surface area contributed by atoms with E-state index in [1.165, 1.54) is 0 Å². The van der Waals surface area contributed by atoms with E-state index in [-0.39, 0.29) is 23.6 Å². The lowest BCUT2D eigenvalue weighted by Crippen LogP contribution is -2.52. The summed E-state index contributed by atoms with van der Waals surface area (Å²) in [5.74, 6) is -0.0786. The van der Waals surface area contributed by atoms with E-state index >= 15 is 0 Å². The zero-order chi connectivity index (χ0) is 17.8. The van der Waals surface area contributed by atoms with E-state index < -0.39 is 0 Å². The maximum absolute atomic E-state index is 12.7. The lowest BCUT2D eigenvalue weighted by atomic mass is 10.1. The molecule has 6 heteroatoms. The molecule has 0 spiro atoms. The summed E-state index contributed by atoms with van der Waals surface area (Å²) < 4.78 is 0. The Bertz CT molecular complexity index is 639. The molecular weight excluding hydrogens is 318 g/mol. The van der Waals surface area contributed by atoms with Crippen molar-refractivity contribution in [2.24, 2.45) is 5.92 Å². The average molecular weight is 343 g/mol. The van der Waals surface area contributed by atoms with Crippen molar-refractivity contribution in [2.45, 2.75) is 19.8 Å². The topological polar surface area (TPSA) is 60.9 Å². The lowest BCUT2D eigenvalue weighted by molar-refractivity contribution is -0.137. The highest BCUT2D eigenvalue weighted by Crippen LogP contribution is 2.21. The van der Waals surface area contributed by atoms with Gasteiger partial charge in [-0.05, 0) is 18.6 Å². The van der Waals surface area contributed by atoms with Gasteiger partial charge in [-0.1, -0.05) is 25.1 Å². The fourth-order valence-electron chi connectivity index (χ4n) is 3.58. The molecule has 134 valence electrons. The van der Waals surface area contributed by atoms with Crippen molar-refractivity contribution in [1.29, 1.82) is 0 Å². The van der Waals surface area contributed by atoms with Crippen molar-refractivity contribution < 1.29 is 14.4 Å². The molecule has 25 heavy (non-hydrogen) atoms. The number of carbonyl (C=O) groups excluding carboxylic acids is 3. The van der Waals surface area contributed by atoms with Crippen LogP contribution in [0.2, 0.25) is 0 Å². The van der Waals surface area contributed by atoms with Crippen molar-refractivity contribution in [3.8, 4) is 0 Å². The minimum Gasteiger partial charge on any atom is -0.342 e. The Morgan fingerprint density at radius 2 is 1.68 bits per heavy atom. The van der Waals surface area contributed by atoms with Gasteiger partial charge < -0.3 is 14.7 Å². The number of amides is 3. The Balaban J connectivity index is 1.53. The van der Waals surface area contributed by atoms with Crippen LogP contribution < -0.4 is 0 Å². The molecule has 2 fully saturated rings. The van der Waals surface area contributed by atoms with Gasteiger partial charge in [0.1, 0.15) is 0 Å². The smallest absolute Gasteiger partial charge is 0.253 e. The van der Waals surface area contributed by atoms with E-state index in [1.807, 2.05) is 42.2 Å². The van der Waals surface area contributed by atoms with Crippen molar-refractivity contribution in [3.05, 3.63) is 35.9 Å². The predicted molar refractivity (Wildman–Crippen MR) is 93.9 cm³/mol. The first-order chi connectivity index (χ1) is 12.1. The molecule has 2 saturated heterocycles. The van der Waals surface area contributed by atoms with E-state index in [0.29, 0.717) is 44.7 Å². The monoisotopic (exact) mass is 343 g/mol. The molecule has 2 aliphatic rings. The first kappa shape index (κ1) is 17.5. The number of piperazine rings is 1. The third-order valence-electron chi connectivity index (χ3n) is 4.96. The normalized spacial score (nSPS) is 20.9. The highest BCUT2D eigenvalue weighted by Gasteiger charge is 2.37. The van der Waals surface area contributed by atoms with Gasteiger partial charge >= 0.3 is 0 Å². The van der Waals surface area contributed by atoms with Crippen molar-refractivity contribution >= 4 is 17.7 Å². The molecule has 0 bridgehead atoms. The molecule has 6 nitrogen and oxygen atoms in total. The molecule has 0 aliphatic carbocycles. The number of hydrogen-bond acceptors (Lipinski definition) is 3. The highest BCUT2D eigenvalue weighted by molar-refractivity contribution is 5.94. The quantitative estimate of drug-likeness (QED) is 0.826. The number of carbonyl (C=O) groups is 3. The second-order valence-corrected chi connectivity index (χ2v) is 6.72. The average Bonchev–Trinajstić information content (AvgIpc) is 3.02. The van der Waals surface area contributed by atoms with E-state index in [1.54, 1.807) is 9.80 Å². The van der Waals surface area contributed by atoms with Crippen LogP contribution in [0.25, 0.3) is 0 Å². The summed E-state index contributed by atoms with van der Waals surface area (Å²) in [5.41, 5.74) is 0.680. The molecule has 2 heterocycles. The Hall–Kier alpha value is -2.37. The molecule has 2 aliphatic heterocycles.